The fourth-order valence-electron chi connectivity index (χ4n) is 3.07. The highest BCUT2D eigenvalue weighted by Gasteiger charge is 2.10. The lowest BCUT2D eigenvalue weighted by molar-refractivity contribution is -0.159. The van der Waals surface area contributed by atoms with E-state index >= 15 is 0 Å². The van der Waals surface area contributed by atoms with Crippen LogP contribution in [0.2, 0.25) is 0 Å². The molecule has 1 fully saturated rings. The molecule has 6 heteroatoms. The number of aliphatic carboxylic acids is 2. The number of carbonyl (C=O) groups is 2. The van der Waals surface area contributed by atoms with Crippen LogP contribution in [0.3, 0.4) is 0 Å². The van der Waals surface area contributed by atoms with E-state index < -0.39 is 11.9 Å². The Morgan fingerprint density at radius 3 is 2.19 bits per heavy atom. The lowest BCUT2D eigenvalue weighted by Crippen LogP contribution is -2.26. The number of rotatable bonds is 6. The first-order chi connectivity index (χ1) is 12.8. The van der Waals surface area contributed by atoms with Gasteiger partial charge in [-0.15, -0.1) is 0 Å². The first kappa shape index (κ1) is 23.0. The van der Waals surface area contributed by atoms with Crippen LogP contribution in [0.25, 0.3) is 0 Å². The van der Waals surface area contributed by atoms with Crippen molar-refractivity contribution >= 4 is 11.9 Å². The van der Waals surface area contributed by atoms with Crippen LogP contribution in [-0.4, -0.2) is 53.3 Å². The van der Waals surface area contributed by atoms with Crippen LogP contribution in [0.1, 0.15) is 63.0 Å². The Kier molecular flexibility index (Phi) is 10.5. The van der Waals surface area contributed by atoms with Crippen molar-refractivity contribution < 1.29 is 24.5 Å². The lowest BCUT2D eigenvalue weighted by Gasteiger charge is -2.20. The summed E-state index contributed by atoms with van der Waals surface area (Å²) in [6.07, 6.45) is 6.69. The maximum absolute atomic E-state index is 9.10. The molecule has 152 valence electrons. The number of likely N-dealkylation sites (tertiary alicyclic amines) is 1. The van der Waals surface area contributed by atoms with Crippen LogP contribution in [0.5, 0.6) is 5.75 Å². The first-order valence-electron chi connectivity index (χ1n) is 9.73. The van der Waals surface area contributed by atoms with Gasteiger partial charge in [-0.2, -0.15) is 0 Å². The third-order valence-electron chi connectivity index (χ3n) is 4.55. The molecular weight excluding hydrogens is 346 g/mol. The van der Waals surface area contributed by atoms with Crippen molar-refractivity contribution in [1.29, 1.82) is 0 Å². The minimum atomic E-state index is -1.82. The molecule has 0 radical (unpaired) electrons. The predicted molar refractivity (Wildman–Crippen MR) is 106 cm³/mol. The molecule has 1 saturated heterocycles. The minimum Gasteiger partial charge on any atom is -0.493 e. The van der Waals surface area contributed by atoms with Crippen LogP contribution in [0.15, 0.2) is 18.2 Å². The molecule has 0 atom stereocenters. The lowest BCUT2D eigenvalue weighted by atomic mass is 10.0. The van der Waals surface area contributed by atoms with E-state index in [9.17, 15) is 0 Å². The zero-order valence-electron chi connectivity index (χ0n) is 16.7. The van der Waals surface area contributed by atoms with Gasteiger partial charge in [0.1, 0.15) is 5.75 Å². The van der Waals surface area contributed by atoms with Gasteiger partial charge >= 0.3 is 11.9 Å². The van der Waals surface area contributed by atoms with Gasteiger partial charge in [-0.1, -0.05) is 38.8 Å². The Balaban J connectivity index is 0.000000527. The zero-order chi connectivity index (χ0) is 20.2. The van der Waals surface area contributed by atoms with Crippen molar-refractivity contribution in [2.45, 2.75) is 58.8 Å². The summed E-state index contributed by atoms with van der Waals surface area (Å²) in [6.45, 7) is 11.2. The van der Waals surface area contributed by atoms with Crippen molar-refractivity contribution in [3.8, 4) is 5.75 Å². The van der Waals surface area contributed by atoms with Crippen molar-refractivity contribution in [1.82, 2.24) is 4.90 Å². The number of aryl methyl sites for hydroxylation is 1. The summed E-state index contributed by atoms with van der Waals surface area (Å²) in [5.74, 6) is -2.04. The summed E-state index contributed by atoms with van der Waals surface area (Å²) in [5, 5.41) is 14.8. The van der Waals surface area contributed by atoms with Gasteiger partial charge in [-0.3, -0.25) is 0 Å². The van der Waals surface area contributed by atoms with E-state index in [2.05, 4.69) is 43.9 Å². The second kappa shape index (κ2) is 12.3. The Bertz CT molecular complexity index is 580. The SMILES string of the molecule is Cc1ccc(C(C)C)c(OCCCN2CCCCCC2)c1.O=C(O)C(=O)O. The van der Waals surface area contributed by atoms with E-state index in [1.165, 1.54) is 56.4 Å². The van der Waals surface area contributed by atoms with E-state index in [0.717, 1.165) is 18.8 Å². The molecule has 1 aromatic rings. The molecule has 1 aliphatic heterocycles. The number of hydrogen-bond donors (Lipinski definition) is 2. The second-order valence-electron chi connectivity index (χ2n) is 7.26. The van der Waals surface area contributed by atoms with Gasteiger partial charge in [0.25, 0.3) is 0 Å². The maximum Gasteiger partial charge on any atom is 0.414 e. The van der Waals surface area contributed by atoms with Crippen LogP contribution in [0.4, 0.5) is 0 Å². The van der Waals surface area contributed by atoms with E-state index in [0.29, 0.717) is 5.92 Å². The summed E-state index contributed by atoms with van der Waals surface area (Å²) in [4.78, 5) is 20.8. The predicted octanol–water partition coefficient (Wildman–Crippen LogP) is 3.92. The topological polar surface area (TPSA) is 87.1 Å². The Morgan fingerprint density at radius 2 is 1.67 bits per heavy atom. The summed E-state index contributed by atoms with van der Waals surface area (Å²) in [7, 11) is 0. The quantitative estimate of drug-likeness (QED) is 0.575. The van der Waals surface area contributed by atoms with Gasteiger partial charge < -0.3 is 19.8 Å². The van der Waals surface area contributed by atoms with Gasteiger partial charge in [0.15, 0.2) is 0 Å². The average molecular weight is 379 g/mol. The molecule has 6 nitrogen and oxygen atoms in total. The summed E-state index contributed by atoms with van der Waals surface area (Å²) < 4.78 is 6.07. The zero-order valence-corrected chi connectivity index (χ0v) is 16.7. The third kappa shape index (κ3) is 9.43. The summed E-state index contributed by atoms with van der Waals surface area (Å²) >= 11 is 0. The van der Waals surface area contributed by atoms with Crippen molar-refractivity contribution in [3.05, 3.63) is 29.3 Å². The van der Waals surface area contributed by atoms with Crippen molar-refractivity contribution in [2.75, 3.05) is 26.2 Å². The number of nitrogens with zero attached hydrogens (tertiary/aromatic N) is 1. The van der Waals surface area contributed by atoms with Gasteiger partial charge in [0.05, 0.1) is 6.61 Å². The maximum atomic E-state index is 9.10. The molecule has 0 unspecified atom stereocenters. The Hall–Kier alpha value is -2.08. The van der Waals surface area contributed by atoms with Gasteiger partial charge in [-0.05, 0) is 62.4 Å². The number of carboxylic acids is 2. The molecule has 27 heavy (non-hydrogen) atoms. The Labute approximate surface area is 162 Å². The fraction of sp³-hybridized carbons (Fsp3) is 0.619. The van der Waals surface area contributed by atoms with Crippen LogP contribution in [0, 0.1) is 6.92 Å². The van der Waals surface area contributed by atoms with Crippen molar-refractivity contribution in [3.63, 3.8) is 0 Å². The first-order valence-corrected chi connectivity index (χ1v) is 9.73. The second-order valence-corrected chi connectivity index (χ2v) is 7.26. The molecule has 0 bridgehead atoms. The van der Waals surface area contributed by atoms with Crippen LogP contribution >= 0.6 is 0 Å². The third-order valence-corrected chi connectivity index (χ3v) is 4.55. The van der Waals surface area contributed by atoms with E-state index in [-0.39, 0.29) is 0 Å². The molecule has 0 spiro atoms. The largest absolute Gasteiger partial charge is 0.493 e. The Morgan fingerprint density at radius 1 is 1.07 bits per heavy atom. The molecule has 0 aliphatic carbocycles. The molecule has 2 N–H and O–H groups in total. The number of ether oxygens (including phenoxy) is 1. The number of carboxylic acid groups (broad SMARTS) is 2. The molecule has 0 aromatic heterocycles. The number of benzene rings is 1. The monoisotopic (exact) mass is 379 g/mol. The highest BCUT2D eigenvalue weighted by Crippen LogP contribution is 2.27. The van der Waals surface area contributed by atoms with Crippen molar-refractivity contribution in [2.24, 2.45) is 0 Å². The molecular formula is C21H33NO5. The fourth-order valence-corrected chi connectivity index (χ4v) is 3.07. The average Bonchev–Trinajstić information content (AvgIpc) is 2.88. The minimum absolute atomic E-state index is 0.520. The van der Waals surface area contributed by atoms with E-state index in [1.807, 2.05) is 0 Å². The smallest absolute Gasteiger partial charge is 0.414 e. The standard InChI is InChI=1S/C19H31NO.C2H2O4/c1-16(2)18-10-9-17(3)15-19(18)21-14-8-13-20-11-6-4-5-7-12-20;3-1(4)2(5)6/h9-10,15-16H,4-8,11-14H2,1-3H3;(H,3,4)(H,5,6). The highest BCUT2D eigenvalue weighted by molar-refractivity contribution is 6.27. The van der Waals surface area contributed by atoms with Gasteiger partial charge in [0.2, 0.25) is 0 Å². The summed E-state index contributed by atoms with van der Waals surface area (Å²) in [6, 6.07) is 6.57. The highest BCUT2D eigenvalue weighted by atomic mass is 16.5. The van der Waals surface area contributed by atoms with E-state index in [1.54, 1.807) is 0 Å². The van der Waals surface area contributed by atoms with E-state index in [4.69, 9.17) is 24.5 Å². The molecule has 0 amide bonds. The molecule has 1 aliphatic rings. The van der Waals surface area contributed by atoms with Crippen LogP contribution in [-0.2, 0) is 9.59 Å². The van der Waals surface area contributed by atoms with Gasteiger partial charge in [-0.25, -0.2) is 9.59 Å². The molecule has 1 aromatic carbocycles. The normalized spacial score (nSPS) is 14.8. The summed E-state index contributed by atoms with van der Waals surface area (Å²) in [5.41, 5.74) is 2.61. The molecule has 2 rings (SSSR count). The van der Waals surface area contributed by atoms with Crippen LogP contribution < -0.4 is 4.74 Å². The molecule has 1 heterocycles. The van der Waals surface area contributed by atoms with Gasteiger partial charge in [0, 0.05) is 6.54 Å². The number of hydrogen-bond acceptors (Lipinski definition) is 4. The molecule has 0 saturated carbocycles.